The van der Waals surface area contributed by atoms with Crippen LogP contribution in [0.4, 0.5) is 0 Å². The van der Waals surface area contributed by atoms with Crippen molar-refractivity contribution in [2.75, 3.05) is 6.54 Å². The zero-order valence-electron chi connectivity index (χ0n) is 15.2. The number of amides is 1. The first-order chi connectivity index (χ1) is 12.8. The number of nitrogens with one attached hydrogen (secondary N) is 1. The van der Waals surface area contributed by atoms with E-state index in [9.17, 15) is 13.2 Å². The quantitative estimate of drug-likeness (QED) is 0.830. The lowest BCUT2D eigenvalue weighted by molar-refractivity contribution is -0.136. The molecule has 0 bridgehead atoms. The maximum absolute atomic E-state index is 12.4. The number of carbonyl (C=O) groups is 1. The number of sulfonamides is 1. The van der Waals surface area contributed by atoms with E-state index in [2.05, 4.69) is 9.82 Å². The summed E-state index contributed by atoms with van der Waals surface area (Å²) in [6.07, 6.45) is 0. The van der Waals surface area contributed by atoms with Crippen LogP contribution in [0.5, 0.6) is 0 Å². The molecule has 0 saturated heterocycles. The van der Waals surface area contributed by atoms with Gasteiger partial charge in [-0.25, -0.2) is 13.1 Å². The van der Waals surface area contributed by atoms with E-state index in [0.717, 1.165) is 5.69 Å². The van der Waals surface area contributed by atoms with Crippen molar-refractivity contribution in [1.82, 2.24) is 19.4 Å². The van der Waals surface area contributed by atoms with Gasteiger partial charge in [0.25, 0.3) is 0 Å². The Morgan fingerprint density at radius 2 is 2.11 bits per heavy atom. The fourth-order valence-corrected chi connectivity index (χ4v) is 4.00. The van der Waals surface area contributed by atoms with Gasteiger partial charge in [-0.15, -0.1) is 0 Å². The molecule has 1 aliphatic heterocycles. The van der Waals surface area contributed by atoms with Crippen LogP contribution < -0.4 is 4.72 Å². The molecule has 8 nitrogen and oxygen atoms in total. The summed E-state index contributed by atoms with van der Waals surface area (Å²) in [4.78, 5) is 14.0. The summed E-state index contributed by atoms with van der Waals surface area (Å²) in [5, 5.41) is 13.3. The van der Waals surface area contributed by atoms with Crippen molar-refractivity contribution in [2.45, 2.75) is 38.4 Å². The van der Waals surface area contributed by atoms with Crippen LogP contribution in [0.1, 0.15) is 30.8 Å². The van der Waals surface area contributed by atoms with Crippen LogP contribution in [-0.2, 0) is 34.5 Å². The zero-order chi connectivity index (χ0) is 19.6. The lowest BCUT2D eigenvalue weighted by Crippen LogP contribution is -2.40. The number of rotatable bonds is 5. The first-order valence-corrected chi connectivity index (χ1v) is 10.1. The predicted octanol–water partition coefficient (Wildman–Crippen LogP) is 1.23. The molecule has 3 rings (SSSR count). The lowest BCUT2D eigenvalue weighted by Gasteiger charge is -2.29. The third-order valence-corrected chi connectivity index (χ3v) is 5.77. The Hall–Kier alpha value is -2.70. The summed E-state index contributed by atoms with van der Waals surface area (Å²) >= 11 is 0. The Morgan fingerprint density at radius 3 is 2.81 bits per heavy atom. The standard InChI is InChI=1S/C18H21N5O3S/c1-13(2)18(24)22-6-7-23-16(12-22)9-15(21-23)11-20-27(25,26)17-5-3-4-14(8-17)10-19/h3-5,8-9,13,20H,6-7,11-12H2,1-2H3. The monoisotopic (exact) mass is 387 g/mol. The molecule has 1 aromatic heterocycles. The molecule has 1 N–H and O–H groups in total. The minimum atomic E-state index is -3.74. The van der Waals surface area contributed by atoms with E-state index in [1.807, 2.05) is 30.7 Å². The molecular formula is C18H21N5O3S. The highest BCUT2D eigenvalue weighted by atomic mass is 32.2. The van der Waals surface area contributed by atoms with Gasteiger partial charge in [0.1, 0.15) is 0 Å². The maximum Gasteiger partial charge on any atom is 0.240 e. The molecular weight excluding hydrogens is 366 g/mol. The van der Waals surface area contributed by atoms with Crippen LogP contribution in [0.15, 0.2) is 35.2 Å². The highest BCUT2D eigenvalue weighted by Crippen LogP contribution is 2.17. The largest absolute Gasteiger partial charge is 0.335 e. The molecule has 0 saturated carbocycles. The molecule has 27 heavy (non-hydrogen) atoms. The summed E-state index contributed by atoms with van der Waals surface area (Å²) in [6, 6.07) is 9.59. The summed E-state index contributed by atoms with van der Waals surface area (Å²) < 4.78 is 29.2. The van der Waals surface area contributed by atoms with Crippen LogP contribution in [0.25, 0.3) is 0 Å². The Bertz CT molecular complexity index is 1000. The van der Waals surface area contributed by atoms with Gasteiger partial charge >= 0.3 is 0 Å². The first kappa shape index (κ1) is 19.1. The van der Waals surface area contributed by atoms with E-state index in [4.69, 9.17) is 5.26 Å². The molecule has 0 atom stereocenters. The number of hydrogen-bond acceptors (Lipinski definition) is 5. The lowest BCUT2D eigenvalue weighted by atomic mass is 10.1. The molecule has 0 aliphatic carbocycles. The van der Waals surface area contributed by atoms with Gasteiger partial charge in [-0.1, -0.05) is 19.9 Å². The van der Waals surface area contributed by atoms with Gasteiger partial charge in [0.15, 0.2) is 0 Å². The second kappa shape index (κ2) is 7.50. The van der Waals surface area contributed by atoms with E-state index >= 15 is 0 Å². The number of benzene rings is 1. The second-order valence-corrected chi connectivity index (χ2v) is 8.50. The molecule has 0 spiro atoms. The molecule has 0 unspecified atom stereocenters. The minimum Gasteiger partial charge on any atom is -0.335 e. The molecule has 9 heteroatoms. The summed E-state index contributed by atoms with van der Waals surface area (Å²) in [6.45, 7) is 5.44. The highest BCUT2D eigenvalue weighted by molar-refractivity contribution is 7.89. The summed E-state index contributed by atoms with van der Waals surface area (Å²) in [7, 11) is -3.74. The van der Waals surface area contributed by atoms with Crippen LogP contribution in [0, 0.1) is 17.2 Å². The highest BCUT2D eigenvalue weighted by Gasteiger charge is 2.24. The van der Waals surface area contributed by atoms with Crippen LogP contribution >= 0.6 is 0 Å². The predicted molar refractivity (Wildman–Crippen MR) is 97.7 cm³/mol. The van der Waals surface area contributed by atoms with Crippen LogP contribution in [0.2, 0.25) is 0 Å². The van der Waals surface area contributed by atoms with Crippen molar-refractivity contribution in [1.29, 1.82) is 5.26 Å². The molecule has 2 heterocycles. The van der Waals surface area contributed by atoms with Crippen molar-refractivity contribution in [3.05, 3.63) is 47.3 Å². The molecule has 0 fully saturated rings. The van der Waals surface area contributed by atoms with Gasteiger partial charge < -0.3 is 4.90 Å². The van der Waals surface area contributed by atoms with Crippen molar-refractivity contribution < 1.29 is 13.2 Å². The number of aromatic nitrogens is 2. The fraction of sp³-hybridized carbons (Fsp3) is 0.389. The van der Waals surface area contributed by atoms with E-state index in [1.165, 1.54) is 18.2 Å². The number of fused-ring (bicyclic) bond motifs is 1. The van der Waals surface area contributed by atoms with Gasteiger partial charge in [0.05, 0.1) is 47.6 Å². The van der Waals surface area contributed by atoms with E-state index in [0.29, 0.717) is 25.3 Å². The van der Waals surface area contributed by atoms with Crippen molar-refractivity contribution in [2.24, 2.45) is 5.92 Å². The number of carbonyl (C=O) groups excluding carboxylic acids is 1. The van der Waals surface area contributed by atoms with Crippen molar-refractivity contribution in [3.63, 3.8) is 0 Å². The smallest absolute Gasteiger partial charge is 0.240 e. The Labute approximate surface area is 158 Å². The van der Waals surface area contributed by atoms with Gasteiger partial charge in [-0.3, -0.25) is 9.48 Å². The summed E-state index contributed by atoms with van der Waals surface area (Å²) in [5.41, 5.74) is 1.75. The molecule has 1 aliphatic rings. The zero-order valence-corrected chi connectivity index (χ0v) is 16.0. The number of nitrogens with zero attached hydrogens (tertiary/aromatic N) is 4. The SMILES string of the molecule is CC(C)C(=O)N1CCn2nc(CNS(=O)(=O)c3cccc(C#N)c3)cc2C1. The first-order valence-electron chi connectivity index (χ1n) is 8.64. The molecule has 1 amide bonds. The van der Waals surface area contributed by atoms with Crippen molar-refractivity contribution >= 4 is 15.9 Å². The summed E-state index contributed by atoms with van der Waals surface area (Å²) in [5.74, 6) is 0.0389. The Morgan fingerprint density at radius 1 is 1.33 bits per heavy atom. The van der Waals surface area contributed by atoms with Gasteiger partial charge in [0, 0.05) is 12.5 Å². The molecule has 1 aromatic carbocycles. The van der Waals surface area contributed by atoms with E-state index in [1.54, 1.807) is 11.0 Å². The van der Waals surface area contributed by atoms with Crippen LogP contribution in [-0.4, -0.2) is 35.6 Å². The maximum atomic E-state index is 12.4. The topological polar surface area (TPSA) is 108 Å². The molecule has 142 valence electrons. The van der Waals surface area contributed by atoms with Crippen LogP contribution in [0.3, 0.4) is 0 Å². The van der Waals surface area contributed by atoms with Crippen molar-refractivity contribution in [3.8, 4) is 6.07 Å². The molecule has 2 aromatic rings. The third kappa shape index (κ3) is 4.18. The second-order valence-electron chi connectivity index (χ2n) is 6.73. The van der Waals surface area contributed by atoms with E-state index in [-0.39, 0.29) is 28.8 Å². The number of nitriles is 1. The number of hydrogen-bond donors (Lipinski definition) is 1. The fourth-order valence-electron chi connectivity index (χ4n) is 2.95. The Balaban J connectivity index is 1.70. The van der Waals surface area contributed by atoms with Gasteiger partial charge in [-0.05, 0) is 24.3 Å². The average Bonchev–Trinajstić information content (AvgIpc) is 3.08. The van der Waals surface area contributed by atoms with E-state index < -0.39 is 10.0 Å². The van der Waals surface area contributed by atoms with Gasteiger partial charge in [-0.2, -0.15) is 10.4 Å². The minimum absolute atomic E-state index is 0.0389. The molecule has 0 radical (unpaired) electrons. The third-order valence-electron chi connectivity index (χ3n) is 4.37. The Kier molecular flexibility index (Phi) is 5.30. The average molecular weight is 387 g/mol. The normalized spacial score (nSPS) is 14.1. The van der Waals surface area contributed by atoms with Gasteiger partial charge in [0.2, 0.25) is 15.9 Å².